The fourth-order valence-electron chi connectivity index (χ4n) is 3.95. The molecule has 1 fully saturated rings. The average Bonchev–Trinajstić information content (AvgIpc) is 2.99. The van der Waals surface area contributed by atoms with Gasteiger partial charge in [0.1, 0.15) is 0 Å². The Morgan fingerprint density at radius 2 is 1.33 bits per heavy atom. The zero-order valence-corrected chi connectivity index (χ0v) is 17.9. The second-order valence-corrected chi connectivity index (χ2v) is 8.86. The third-order valence-corrected chi connectivity index (χ3v) is 5.77. The SMILES string of the molecule is CC(C)CCCCCCCCCCCCCCCN1CC(C(=O)O)CC1=O. The molecule has 0 aliphatic carbocycles. The highest BCUT2D eigenvalue weighted by atomic mass is 16.4. The second kappa shape index (κ2) is 14.9. The van der Waals surface area contributed by atoms with Crippen molar-refractivity contribution in [2.24, 2.45) is 11.8 Å². The first-order valence-electron chi connectivity index (χ1n) is 11.5. The van der Waals surface area contributed by atoms with E-state index in [0.29, 0.717) is 6.54 Å². The number of nitrogens with zero attached hydrogens (tertiary/aromatic N) is 1. The van der Waals surface area contributed by atoms with Crippen LogP contribution in [0.1, 0.15) is 110 Å². The van der Waals surface area contributed by atoms with E-state index < -0.39 is 11.9 Å². The molecule has 1 saturated heterocycles. The Hall–Kier alpha value is -1.06. The number of amides is 1. The summed E-state index contributed by atoms with van der Waals surface area (Å²) in [6, 6.07) is 0. The summed E-state index contributed by atoms with van der Waals surface area (Å²) in [6.07, 6.45) is 18.8. The topological polar surface area (TPSA) is 57.6 Å². The first-order chi connectivity index (χ1) is 13.0. The number of aliphatic carboxylic acids is 1. The van der Waals surface area contributed by atoms with Crippen LogP contribution in [-0.2, 0) is 9.59 Å². The fourth-order valence-corrected chi connectivity index (χ4v) is 3.95. The van der Waals surface area contributed by atoms with Crippen LogP contribution in [-0.4, -0.2) is 35.0 Å². The zero-order chi connectivity index (χ0) is 19.9. The predicted molar refractivity (Wildman–Crippen MR) is 112 cm³/mol. The molecule has 0 radical (unpaired) electrons. The molecule has 1 aliphatic heterocycles. The molecule has 27 heavy (non-hydrogen) atoms. The molecule has 1 heterocycles. The lowest BCUT2D eigenvalue weighted by Gasteiger charge is -2.15. The van der Waals surface area contributed by atoms with Gasteiger partial charge in [-0.2, -0.15) is 0 Å². The van der Waals surface area contributed by atoms with E-state index in [1.54, 1.807) is 4.90 Å². The molecule has 1 aliphatic rings. The summed E-state index contributed by atoms with van der Waals surface area (Å²) in [4.78, 5) is 24.4. The van der Waals surface area contributed by atoms with Crippen LogP contribution in [0.2, 0.25) is 0 Å². The molecule has 0 aromatic rings. The molecule has 158 valence electrons. The molecular formula is C23H43NO3. The Balaban J connectivity index is 1.79. The van der Waals surface area contributed by atoms with Crippen LogP contribution in [0, 0.1) is 11.8 Å². The van der Waals surface area contributed by atoms with E-state index in [0.717, 1.165) is 25.3 Å². The Labute approximate surface area is 167 Å². The lowest BCUT2D eigenvalue weighted by Crippen LogP contribution is -2.27. The van der Waals surface area contributed by atoms with Gasteiger partial charge in [0.25, 0.3) is 0 Å². The van der Waals surface area contributed by atoms with Gasteiger partial charge >= 0.3 is 5.97 Å². The third kappa shape index (κ3) is 12.1. The molecular weight excluding hydrogens is 338 g/mol. The third-order valence-electron chi connectivity index (χ3n) is 5.77. The van der Waals surface area contributed by atoms with Gasteiger partial charge in [0.05, 0.1) is 5.92 Å². The van der Waals surface area contributed by atoms with Gasteiger partial charge in [-0.05, 0) is 12.3 Å². The van der Waals surface area contributed by atoms with Gasteiger partial charge in [-0.3, -0.25) is 9.59 Å². The van der Waals surface area contributed by atoms with Gasteiger partial charge in [0.2, 0.25) is 5.91 Å². The molecule has 0 aromatic carbocycles. The Morgan fingerprint density at radius 1 is 0.889 bits per heavy atom. The molecule has 0 bridgehead atoms. The van der Waals surface area contributed by atoms with Crippen molar-refractivity contribution in [3.05, 3.63) is 0 Å². The molecule has 0 aromatic heterocycles. The van der Waals surface area contributed by atoms with Crippen molar-refractivity contribution in [2.75, 3.05) is 13.1 Å². The van der Waals surface area contributed by atoms with Gasteiger partial charge in [-0.1, -0.05) is 97.3 Å². The quantitative estimate of drug-likeness (QED) is 0.313. The van der Waals surface area contributed by atoms with Crippen LogP contribution in [0.15, 0.2) is 0 Å². The summed E-state index contributed by atoms with van der Waals surface area (Å²) < 4.78 is 0. The summed E-state index contributed by atoms with van der Waals surface area (Å²) in [5, 5.41) is 8.98. The van der Waals surface area contributed by atoms with Crippen molar-refractivity contribution in [2.45, 2.75) is 110 Å². The number of carbonyl (C=O) groups excluding carboxylic acids is 1. The normalized spacial score (nSPS) is 17.2. The minimum atomic E-state index is -0.836. The van der Waals surface area contributed by atoms with E-state index >= 15 is 0 Å². The van der Waals surface area contributed by atoms with Crippen LogP contribution >= 0.6 is 0 Å². The molecule has 0 saturated carbocycles. The maximum atomic E-state index is 11.7. The van der Waals surface area contributed by atoms with Crippen molar-refractivity contribution in [1.29, 1.82) is 0 Å². The molecule has 1 N–H and O–H groups in total. The highest BCUT2D eigenvalue weighted by molar-refractivity contribution is 5.86. The van der Waals surface area contributed by atoms with Crippen LogP contribution in [0.4, 0.5) is 0 Å². The maximum Gasteiger partial charge on any atom is 0.308 e. The number of rotatable bonds is 17. The first-order valence-corrected chi connectivity index (χ1v) is 11.5. The number of likely N-dealkylation sites (tertiary alicyclic amines) is 1. The number of carbonyl (C=O) groups is 2. The summed E-state index contributed by atoms with van der Waals surface area (Å²) in [5.41, 5.74) is 0. The summed E-state index contributed by atoms with van der Waals surface area (Å²) in [6.45, 7) is 5.77. The number of unbranched alkanes of at least 4 members (excludes halogenated alkanes) is 12. The van der Waals surface area contributed by atoms with E-state index in [4.69, 9.17) is 5.11 Å². The van der Waals surface area contributed by atoms with E-state index in [9.17, 15) is 9.59 Å². The first kappa shape index (κ1) is 24.0. The van der Waals surface area contributed by atoms with E-state index in [1.807, 2.05) is 0 Å². The summed E-state index contributed by atoms with van der Waals surface area (Å²) in [5.74, 6) is -0.450. The number of hydrogen-bond acceptors (Lipinski definition) is 2. The lowest BCUT2D eigenvalue weighted by atomic mass is 10.0. The standard InChI is InChI=1S/C23H43NO3/c1-20(2)16-14-12-10-8-6-4-3-5-7-9-11-13-15-17-24-19-21(23(26)27)18-22(24)25/h20-21H,3-19H2,1-2H3,(H,26,27). The largest absolute Gasteiger partial charge is 0.481 e. The molecule has 1 atom stereocenters. The minimum absolute atomic E-state index is 0.0160. The highest BCUT2D eigenvalue weighted by Crippen LogP contribution is 2.19. The van der Waals surface area contributed by atoms with Crippen molar-refractivity contribution < 1.29 is 14.7 Å². The van der Waals surface area contributed by atoms with Gasteiger partial charge < -0.3 is 10.0 Å². The van der Waals surface area contributed by atoms with Gasteiger partial charge in [-0.25, -0.2) is 0 Å². The Morgan fingerprint density at radius 3 is 1.74 bits per heavy atom. The maximum absolute atomic E-state index is 11.7. The summed E-state index contributed by atoms with van der Waals surface area (Å²) >= 11 is 0. The molecule has 1 rings (SSSR count). The Bertz CT molecular complexity index is 408. The van der Waals surface area contributed by atoms with Crippen molar-refractivity contribution in [3.63, 3.8) is 0 Å². The van der Waals surface area contributed by atoms with E-state index in [1.165, 1.54) is 77.0 Å². The number of hydrogen-bond donors (Lipinski definition) is 1. The Kier molecular flexibility index (Phi) is 13.3. The van der Waals surface area contributed by atoms with E-state index in [-0.39, 0.29) is 12.3 Å². The molecule has 4 heteroatoms. The fraction of sp³-hybridized carbons (Fsp3) is 0.913. The van der Waals surface area contributed by atoms with Crippen LogP contribution in [0.5, 0.6) is 0 Å². The highest BCUT2D eigenvalue weighted by Gasteiger charge is 2.33. The summed E-state index contributed by atoms with van der Waals surface area (Å²) in [7, 11) is 0. The van der Waals surface area contributed by atoms with Crippen molar-refractivity contribution >= 4 is 11.9 Å². The molecule has 1 amide bonds. The monoisotopic (exact) mass is 381 g/mol. The van der Waals surface area contributed by atoms with Gasteiger partial charge in [-0.15, -0.1) is 0 Å². The zero-order valence-electron chi connectivity index (χ0n) is 17.9. The molecule has 1 unspecified atom stereocenters. The second-order valence-electron chi connectivity index (χ2n) is 8.86. The van der Waals surface area contributed by atoms with Crippen molar-refractivity contribution in [3.8, 4) is 0 Å². The number of carboxylic acid groups (broad SMARTS) is 1. The predicted octanol–water partition coefficient (Wildman–Crippen LogP) is 6.04. The smallest absolute Gasteiger partial charge is 0.308 e. The van der Waals surface area contributed by atoms with Gasteiger partial charge in [0.15, 0.2) is 0 Å². The van der Waals surface area contributed by atoms with Crippen LogP contribution < -0.4 is 0 Å². The van der Waals surface area contributed by atoms with Crippen molar-refractivity contribution in [1.82, 2.24) is 4.90 Å². The molecule has 4 nitrogen and oxygen atoms in total. The lowest BCUT2D eigenvalue weighted by molar-refractivity contribution is -0.141. The number of carboxylic acids is 1. The minimum Gasteiger partial charge on any atom is -0.481 e. The van der Waals surface area contributed by atoms with Crippen LogP contribution in [0.25, 0.3) is 0 Å². The van der Waals surface area contributed by atoms with Gasteiger partial charge in [0, 0.05) is 19.5 Å². The molecule has 0 spiro atoms. The van der Waals surface area contributed by atoms with E-state index in [2.05, 4.69) is 13.8 Å². The van der Waals surface area contributed by atoms with Crippen LogP contribution in [0.3, 0.4) is 0 Å². The average molecular weight is 382 g/mol.